The van der Waals surface area contributed by atoms with E-state index < -0.39 is 16.1 Å². The number of carbonyl (C=O) groups is 1. The molecule has 3 aromatic carbocycles. The van der Waals surface area contributed by atoms with Gasteiger partial charge in [-0.15, -0.1) is 0 Å². The number of aryl methyl sites for hydroxylation is 1. The van der Waals surface area contributed by atoms with Crippen LogP contribution >= 0.6 is 11.6 Å². The van der Waals surface area contributed by atoms with Gasteiger partial charge in [0.25, 0.3) is 15.9 Å². The first-order valence-electron chi connectivity index (χ1n) is 12.4. The maximum atomic E-state index is 13.6. The van der Waals surface area contributed by atoms with Gasteiger partial charge in [0.15, 0.2) is 6.10 Å². The fraction of sp³-hybridized carbons (Fsp3) is 0.321. The Labute approximate surface area is 223 Å². The van der Waals surface area contributed by atoms with Crippen molar-refractivity contribution >= 4 is 33.2 Å². The van der Waals surface area contributed by atoms with Crippen molar-refractivity contribution in [3.05, 3.63) is 88.4 Å². The van der Waals surface area contributed by atoms with Crippen LogP contribution in [0, 0.1) is 6.92 Å². The van der Waals surface area contributed by atoms with Gasteiger partial charge in [0.2, 0.25) is 0 Å². The summed E-state index contributed by atoms with van der Waals surface area (Å²) in [4.78, 5) is 15.7. The first-order chi connectivity index (χ1) is 17.8. The van der Waals surface area contributed by atoms with Gasteiger partial charge in [-0.1, -0.05) is 53.6 Å². The van der Waals surface area contributed by atoms with Gasteiger partial charge in [0.05, 0.1) is 17.1 Å². The first kappa shape index (κ1) is 25.6. The topological polar surface area (TPSA) is 79.0 Å². The van der Waals surface area contributed by atoms with Crippen molar-refractivity contribution in [3.63, 3.8) is 0 Å². The number of anilines is 1. The number of sulfonamides is 1. The quantitative estimate of drug-likeness (QED) is 0.478. The monoisotopic (exact) mass is 539 g/mol. The van der Waals surface area contributed by atoms with Gasteiger partial charge in [-0.25, -0.2) is 8.42 Å². The Bertz CT molecular complexity index is 1370. The van der Waals surface area contributed by atoms with Crippen molar-refractivity contribution in [2.24, 2.45) is 0 Å². The van der Waals surface area contributed by atoms with Crippen molar-refractivity contribution in [2.75, 3.05) is 23.9 Å². The predicted octanol–water partition coefficient (Wildman–Crippen LogP) is 4.52. The number of hydrogen-bond acceptors (Lipinski definition) is 5. The third kappa shape index (κ3) is 5.76. The van der Waals surface area contributed by atoms with Crippen molar-refractivity contribution < 1.29 is 17.9 Å². The van der Waals surface area contributed by atoms with E-state index >= 15 is 0 Å². The number of fused-ring (bicyclic) bond motifs is 1. The number of nitrogens with zero attached hydrogens (tertiary/aromatic N) is 2. The van der Waals surface area contributed by atoms with E-state index in [0.717, 1.165) is 30.8 Å². The van der Waals surface area contributed by atoms with Crippen LogP contribution in [0.25, 0.3) is 0 Å². The molecule has 0 unspecified atom stereocenters. The molecule has 1 saturated heterocycles. The predicted molar refractivity (Wildman–Crippen MR) is 144 cm³/mol. The van der Waals surface area contributed by atoms with Gasteiger partial charge in [-0.3, -0.25) is 14.0 Å². The molecular formula is C28H30ClN3O4S. The molecule has 5 rings (SSSR count). The molecule has 0 spiro atoms. The molecule has 37 heavy (non-hydrogen) atoms. The van der Waals surface area contributed by atoms with Crippen LogP contribution in [0.3, 0.4) is 0 Å². The molecule has 2 aliphatic rings. The normalized spacial score (nSPS) is 17.8. The molecule has 3 aromatic rings. The average molecular weight is 540 g/mol. The van der Waals surface area contributed by atoms with Gasteiger partial charge in [0.1, 0.15) is 5.75 Å². The van der Waals surface area contributed by atoms with E-state index in [2.05, 4.69) is 22.3 Å². The lowest BCUT2D eigenvalue weighted by Crippen LogP contribution is -2.50. The lowest BCUT2D eigenvalue weighted by atomic mass is 10.1. The van der Waals surface area contributed by atoms with Crippen LogP contribution < -0.4 is 14.4 Å². The Hall–Kier alpha value is -3.07. The van der Waals surface area contributed by atoms with Crippen LogP contribution in [0.4, 0.5) is 5.69 Å². The Balaban J connectivity index is 1.30. The molecule has 2 aliphatic heterocycles. The summed E-state index contributed by atoms with van der Waals surface area (Å²) in [5.74, 6) is -0.0939. The van der Waals surface area contributed by atoms with Crippen LogP contribution in [-0.2, 0) is 27.9 Å². The fourth-order valence-corrected chi connectivity index (χ4v) is 6.32. The Morgan fingerprint density at radius 3 is 2.38 bits per heavy atom. The summed E-state index contributed by atoms with van der Waals surface area (Å²) >= 11 is 6.17. The SMILES string of the molecule is Cc1ccc(S(=O)(=O)N2C[C@H](C(=O)NCc3ccc(CN4CCCC4)cc3)Oc3ccc(Cl)cc32)cc1. The molecular weight excluding hydrogens is 510 g/mol. The number of benzene rings is 3. The highest BCUT2D eigenvalue weighted by molar-refractivity contribution is 7.92. The number of amides is 1. The smallest absolute Gasteiger partial charge is 0.264 e. The van der Waals surface area contributed by atoms with Gasteiger partial charge in [-0.05, 0) is 74.3 Å². The summed E-state index contributed by atoms with van der Waals surface area (Å²) in [6.45, 7) is 5.28. The minimum Gasteiger partial charge on any atom is -0.476 e. The Morgan fingerprint density at radius 2 is 1.68 bits per heavy atom. The van der Waals surface area contributed by atoms with Crippen molar-refractivity contribution in [3.8, 4) is 5.75 Å². The summed E-state index contributed by atoms with van der Waals surface area (Å²) in [7, 11) is -3.95. The molecule has 194 valence electrons. The van der Waals surface area contributed by atoms with Crippen LogP contribution in [0.5, 0.6) is 5.75 Å². The Morgan fingerprint density at radius 1 is 1.00 bits per heavy atom. The Kier molecular flexibility index (Phi) is 7.42. The molecule has 0 bridgehead atoms. The third-order valence-electron chi connectivity index (χ3n) is 6.79. The van der Waals surface area contributed by atoms with Gasteiger partial charge < -0.3 is 10.1 Å². The van der Waals surface area contributed by atoms with Crippen molar-refractivity contribution in [2.45, 2.75) is 43.9 Å². The number of halogens is 1. The molecule has 0 radical (unpaired) electrons. The highest BCUT2D eigenvalue weighted by Crippen LogP contribution is 2.39. The van der Waals surface area contributed by atoms with E-state index in [1.807, 2.05) is 19.1 Å². The zero-order valence-corrected chi connectivity index (χ0v) is 22.3. The highest BCUT2D eigenvalue weighted by atomic mass is 35.5. The summed E-state index contributed by atoms with van der Waals surface area (Å²) < 4.78 is 34.3. The van der Waals surface area contributed by atoms with E-state index in [1.165, 1.54) is 22.7 Å². The number of carbonyl (C=O) groups excluding carboxylic acids is 1. The first-order valence-corrected chi connectivity index (χ1v) is 14.2. The summed E-state index contributed by atoms with van der Waals surface area (Å²) in [6, 6.07) is 19.6. The number of nitrogens with one attached hydrogen (secondary N) is 1. The van der Waals surface area contributed by atoms with Gasteiger partial charge >= 0.3 is 0 Å². The molecule has 0 aliphatic carbocycles. The van der Waals surface area contributed by atoms with Crippen LogP contribution in [-0.4, -0.2) is 45.0 Å². The molecule has 1 N–H and O–H groups in total. The second kappa shape index (κ2) is 10.7. The molecule has 7 nitrogen and oxygen atoms in total. The van der Waals surface area contributed by atoms with E-state index in [1.54, 1.807) is 42.5 Å². The highest BCUT2D eigenvalue weighted by Gasteiger charge is 2.37. The average Bonchev–Trinajstić information content (AvgIpc) is 3.41. The van der Waals surface area contributed by atoms with E-state index in [0.29, 0.717) is 17.3 Å². The lowest BCUT2D eigenvalue weighted by molar-refractivity contribution is -0.127. The van der Waals surface area contributed by atoms with Crippen LogP contribution in [0.2, 0.25) is 5.02 Å². The van der Waals surface area contributed by atoms with Crippen molar-refractivity contribution in [1.29, 1.82) is 0 Å². The van der Waals surface area contributed by atoms with Crippen LogP contribution in [0.15, 0.2) is 71.6 Å². The second-order valence-corrected chi connectivity index (χ2v) is 11.9. The van der Waals surface area contributed by atoms with Gasteiger partial charge in [-0.2, -0.15) is 0 Å². The zero-order valence-electron chi connectivity index (χ0n) is 20.7. The van der Waals surface area contributed by atoms with E-state index in [4.69, 9.17) is 16.3 Å². The summed E-state index contributed by atoms with van der Waals surface area (Å²) in [5, 5.41) is 3.28. The maximum absolute atomic E-state index is 13.6. The third-order valence-corrected chi connectivity index (χ3v) is 8.82. The van der Waals surface area contributed by atoms with Crippen molar-refractivity contribution in [1.82, 2.24) is 10.2 Å². The zero-order chi connectivity index (χ0) is 26.0. The molecule has 1 fully saturated rings. The number of hydrogen-bond donors (Lipinski definition) is 1. The van der Waals surface area contributed by atoms with E-state index in [9.17, 15) is 13.2 Å². The molecule has 2 heterocycles. The molecule has 1 atom stereocenters. The largest absolute Gasteiger partial charge is 0.476 e. The number of rotatable bonds is 7. The minimum absolute atomic E-state index is 0.138. The fourth-order valence-electron chi connectivity index (χ4n) is 4.69. The van der Waals surface area contributed by atoms with E-state index in [-0.39, 0.29) is 23.1 Å². The lowest BCUT2D eigenvalue weighted by Gasteiger charge is -2.35. The van der Waals surface area contributed by atoms with Crippen LogP contribution in [0.1, 0.15) is 29.5 Å². The molecule has 0 saturated carbocycles. The number of ether oxygens (including phenoxy) is 1. The minimum atomic E-state index is -3.95. The molecule has 1 amide bonds. The van der Waals surface area contributed by atoms with Gasteiger partial charge in [0, 0.05) is 18.1 Å². The summed E-state index contributed by atoms with van der Waals surface area (Å²) in [5.41, 5.74) is 3.47. The number of likely N-dealkylation sites (tertiary alicyclic amines) is 1. The molecule has 9 heteroatoms. The molecule has 0 aromatic heterocycles. The standard InChI is InChI=1S/C28H30ClN3O4S/c1-20-4-11-24(12-5-20)37(34,35)32-19-27(36-26-13-10-23(29)16-25(26)32)28(33)30-17-21-6-8-22(9-7-21)18-31-14-2-3-15-31/h4-13,16,27H,2-3,14-15,17-19H2,1H3,(H,30,33)/t27-/m1/s1. The summed E-state index contributed by atoms with van der Waals surface area (Å²) in [6.07, 6.45) is 1.51. The second-order valence-electron chi connectivity index (χ2n) is 9.59. The maximum Gasteiger partial charge on any atom is 0.264 e.